The first kappa shape index (κ1) is 22.6. The average Bonchev–Trinajstić information content (AvgIpc) is 3.30. The highest BCUT2D eigenvalue weighted by molar-refractivity contribution is 5.81. The lowest BCUT2D eigenvalue weighted by atomic mass is 10.1. The third-order valence-electron chi connectivity index (χ3n) is 5.79. The second kappa shape index (κ2) is 9.22. The first-order valence-electron chi connectivity index (χ1n) is 10.9. The summed E-state index contributed by atoms with van der Waals surface area (Å²) in [4.78, 5) is 17.8. The molecule has 8 nitrogen and oxygen atoms in total. The van der Waals surface area contributed by atoms with Gasteiger partial charge in [0, 0.05) is 24.8 Å². The first-order chi connectivity index (χ1) is 17.0. The third kappa shape index (κ3) is 4.24. The van der Waals surface area contributed by atoms with Gasteiger partial charge in [-0.1, -0.05) is 11.3 Å². The zero-order chi connectivity index (χ0) is 24.5. The minimum absolute atomic E-state index is 0.203. The maximum atomic E-state index is 13.8. The Morgan fingerprint density at radius 1 is 1.00 bits per heavy atom. The molecule has 0 saturated heterocycles. The summed E-state index contributed by atoms with van der Waals surface area (Å²) in [6.45, 7) is 2.78. The second-order valence-corrected chi connectivity index (χ2v) is 8.00. The van der Waals surface area contributed by atoms with Crippen LogP contribution in [0.1, 0.15) is 18.5 Å². The van der Waals surface area contributed by atoms with Crippen LogP contribution in [-0.4, -0.2) is 44.9 Å². The van der Waals surface area contributed by atoms with Gasteiger partial charge in [0.2, 0.25) is 0 Å². The Hall–Kier alpha value is -4.18. The number of methoxy groups -OCH3 is 1. The summed E-state index contributed by atoms with van der Waals surface area (Å²) in [6.07, 6.45) is 3.13. The summed E-state index contributed by atoms with van der Waals surface area (Å²) in [5.74, 6) is -1.40. The molecule has 0 unspecified atom stereocenters. The van der Waals surface area contributed by atoms with Crippen molar-refractivity contribution in [2.24, 2.45) is 0 Å². The summed E-state index contributed by atoms with van der Waals surface area (Å²) in [6, 6.07) is 12.2. The van der Waals surface area contributed by atoms with Crippen LogP contribution in [0.15, 0.2) is 65.7 Å². The molecule has 5 aromatic rings. The number of aromatic nitrogens is 5. The zero-order valence-corrected chi connectivity index (χ0v) is 19.0. The number of benzene rings is 2. The van der Waals surface area contributed by atoms with Gasteiger partial charge in [0.15, 0.2) is 17.2 Å². The molecule has 0 spiro atoms. The normalized spacial score (nSPS) is 12.3. The van der Waals surface area contributed by atoms with Gasteiger partial charge in [-0.2, -0.15) is 0 Å². The quantitative estimate of drug-likeness (QED) is 0.329. The number of rotatable bonds is 7. The van der Waals surface area contributed by atoms with Crippen LogP contribution in [-0.2, 0) is 4.74 Å². The highest BCUT2D eigenvalue weighted by Crippen LogP contribution is 2.26. The van der Waals surface area contributed by atoms with Crippen LogP contribution in [0.2, 0.25) is 0 Å². The molecule has 0 aliphatic rings. The van der Waals surface area contributed by atoms with E-state index in [1.165, 1.54) is 21.5 Å². The van der Waals surface area contributed by atoms with E-state index in [4.69, 9.17) is 9.47 Å². The van der Waals surface area contributed by atoms with Gasteiger partial charge < -0.3 is 9.47 Å². The molecule has 35 heavy (non-hydrogen) atoms. The minimum atomic E-state index is -1.04. The van der Waals surface area contributed by atoms with Crippen molar-refractivity contribution in [2.75, 3.05) is 20.3 Å². The topological polar surface area (TPSA) is 84.1 Å². The number of halogens is 2. The SMILES string of the molecule is COCCOc1cnc2ccc([C@H](C)n3nnc4ccn(-c5ccc(F)c(F)c5)c(=O)c43)cc2c1. The molecule has 3 heterocycles. The van der Waals surface area contributed by atoms with Gasteiger partial charge in [0.05, 0.1) is 30.0 Å². The Balaban J connectivity index is 1.54. The number of pyridine rings is 2. The van der Waals surface area contributed by atoms with Gasteiger partial charge in [-0.3, -0.25) is 14.3 Å². The molecule has 0 bridgehead atoms. The molecule has 0 N–H and O–H groups in total. The van der Waals surface area contributed by atoms with Gasteiger partial charge in [-0.15, -0.1) is 5.10 Å². The molecule has 3 aromatic heterocycles. The van der Waals surface area contributed by atoms with E-state index in [0.717, 1.165) is 28.6 Å². The smallest absolute Gasteiger partial charge is 0.282 e. The van der Waals surface area contributed by atoms with Crippen LogP contribution in [0.4, 0.5) is 8.78 Å². The van der Waals surface area contributed by atoms with Crippen molar-refractivity contribution >= 4 is 21.9 Å². The fourth-order valence-electron chi connectivity index (χ4n) is 3.91. The fraction of sp³-hybridized carbons (Fsp3) is 0.200. The summed E-state index contributed by atoms with van der Waals surface area (Å²) in [7, 11) is 1.61. The van der Waals surface area contributed by atoms with Crippen LogP contribution >= 0.6 is 0 Å². The van der Waals surface area contributed by atoms with Crippen molar-refractivity contribution < 1.29 is 18.3 Å². The average molecular weight is 477 g/mol. The lowest BCUT2D eigenvalue weighted by Crippen LogP contribution is -2.22. The molecule has 0 fully saturated rings. The van der Waals surface area contributed by atoms with Gasteiger partial charge in [0.1, 0.15) is 17.9 Å². The molecule has 2 aromatic carbocycles. The molecule has 0 radical (unpaired) electrons. The van der Waals surface area contributed by atoms with E-state index < -0.39 is 17.2 Å². The zero-order valence-electron chi connectivity index (χ0n) is 19.0. The Bertz CT molecular complexity index is 1600. The lowest BCUT2D eigenvalue weighted by molar-refractivity contribution is 0.146. The first-order valence-corrected chi connectivity index (χ1v) is 10.9. The Kier molecular flexibility index (Phi) is 5.96. The second-order valence-electron chi connectivity index (χ2n) is 8.00. The van der Waals surface area contributed by atoms with Gasteiger partial charge >= 0.3 is 0 Å². The maximum absolute atomic E-state index is 13.8. The molecule has 5 rings (SSSR count). The highest BCUT2D eigenvalue weighted by atomic mass is 19.2. The number of fused-ring (bicyclic) bond motifs is 2. The van der Waals surface area contributed by atoms with E-state index in [0.29, 0.717) is 24.5 Å². The molecular weight excluding hydrogens is 456 g/mol. The Morgan fingerprint density at radius 2 is 1.86 bits per heavy atom. The van der Waals surface area contributed by atoms with Crippen LogP contribution in [0.25, 0.3) is 27.6 Å². The Morgan fingerprint density at radius 3 is 2.66 bits per heavy atom. The number of ether oxygens (including phenoxy) is 2. The van der Waals surface area contributed by atoms with Crippen molar-refractivity contribution in [1.29, 1.82) is 0 Å². The number of hydrogen-bond donors (Lipinski definition) is 0. The molecular formula is C25H21F2N5O3. The third-order valence-corrected chi connectivity index (χ3v) is 5.79. The number of hydrogen-bond acceptors (Lipinski definition) is 6. The fourth-order valence-corrected chi connectivity index (χ4v) is 3.91. The molecule has 0 amide bonds. The standard InChI is InChI=1S/C25H21F2N5O3/c1-15(16-3-6-22-17(11-16)12-19(14-28-22)35-10-9-34-2)32-24-23(29-30-32)7-8-31(25(24)33)18-4-5-20(26)21(27)13-18/h3-8,11-15H,9-10H2,1-2H3/t15-/m0/s1. The van der Waals surface area contributed by atoms with Crippen molar-refractivity contribution in [1.82, 2.24) is 24.5 Å². The van der Waals surface area contributed by atoms with E-state index in [1.54, 1.807) is 19.4 Å². The van der Waals surface area contributed by atoms with E-state index in [2.05, 4.69) is 15.3 Å². The highest BCUT2D eigenvalue weighted by Gasteiger charge is 2.18. The van der Waals surface area contributed by atoms with Gasteiger partial charge in [-0.25, -0.2) is 13.5 Å². The predicted molar refractivity (Wildman–Crippen MR) is 126 cm³/mol. The maximum Gasteiger partial charge on any atom is 0.282 e. The summed E-state index contributed by atoms with van der Waals surface area (Å²) >= 11 is 0. The summed E-state index contributed by atoms with van der Waals surface area (Å²) in [5, 5.41) is 9.21. The summed E-state index contributed by atoms with van der Waals surface area (Å²) in [5.41, 5.74) is 2.08. The van der Waals surface area contributed by atoms with E-state index >= 15 is 0 Å². The molecule has 1 atom stereocenters. The predicted octanol–water partition coefficient (Wildman–Crippen LogP) is 4.04. The van der Waals surface area contributed by atoms with E-state index in [1.807, 2.05) is 31.2 Å². The van der Waals surface area contributed by atoms with Crippen LogP contribution in [0.3, 0.4) is 0 Å². The van der Waals surface area contributed by atoms with E-state index in [9.17, 15) is 13.6 Å². The molecule has 178 valence electrons. The molecule has 0 aliphatic carbocycles. The van der Waals surface area contributed by atoms with Crippen LogP contribution in [0.5, 0.6) is 5.75 Å². The van der Waals surface area contributed by atoms with E-state index in [-0.39, 0.29) is 17.2 Å². The molecule has 0 aliphatic heterocycles. The lowest BCUT2D eigenvalue weighted by Gasteiger charge is -2.14. The summed E-state index contributed by atoms with van der Waals surface area (Å²) < 4.78 is 40.6. The minimum Gasteiger partial charge on any atom is -0.490 e. The van der Waals surface area contributed by atoms with Crippen LogP contribution < -0.4 is 10.3 Å². The Labute approximate surface area is 198 Å². The largest absolute Gasteiger partial charge is 0.490 e. The van der Waals surface area contributed by atoms with Crippen molar-refractivity contribution in [3.05, 3.63) is 88.5 Å². The van der Waals surface area contributed by atoms with Crippen LogP contribution in [0, 0.1) is 11.6 Å². The van der Waals surface area contributed by atoms with Crippen molar-refractivity contribution in [3.8, 4) is 11.4 Å². The monoisotopic (exact) mass is 477 g/mol. The number of nitrogens with zero attached hydrogens (tertiary/aromatic N) is 5. The van der Waals surface area contributed by atoms with Crippen molar-refractivity contribution in [2.45, 2.75) is 13.0 Å². The van der Waals surface area contributed by atoms with Gasteiger partial charge in [-0.05, 0) is 48.9 Å². The van der Waals surface area contributed by atoms with Crippen molar-refractivity contribution in [3.63, 3.8) is 0 Å². The molecule has 10 heteroatoms. The van der Waals surface area contributed by atoms with Gasteiger partial charge in [0.25, 0.3) is 5.56 Å². The molecule has 0 saturated carbocycles.